The van der Waals surface area contributed by atoms with E-state index in [2.05, 4.69) is 4.98 Å². The van der Waals surface area contributed by atoms with E-state index in [-0.39, 0.29) is 17.7 Å². The van der Waals surface area contributed by atoms with Gasteiger partial charge in [-0.05, 0) is 31.0 Å². The second kappa shape index (κ2) is 3.96. The van der Waals surface area contributed by atoms with Crippen molar-refractivity contribution in [2.75, 3.05) is 6.61 Å². The number of H-pyrrole nitrogens is 1. The number of hydrogen-bond acceptors (Lipinski definition) is 2. The molecule has 0 aliphatic carbocycles. The van der Waals surface area contributed by atoms with Gasteiger partial charge in [0.1, 0.15) is 11.9 Å². The average Bonchev–Trinajstić information content (AvgIpc) is 2.97. The van der Waals surface area contributed by atoms with Crippen LogP contribution < -0.4 is 0 Å². The van der Waals surface area contributed by atoms with Gasteiger partial charge in [-0.15, -0.1) is 0 Å². The maximum absolute atomic E-state index is 13.2. The van der Waals surface area contributed by atoms with Crippen LogP contribution in [0.1, 0.15) is 23.2 Å². The zero-order chi connectivity index (χ0) is 11.8. The Morgan fingerprint density at radius 3 is 3.12 bits per heavy atom. The van der Waals surface area contributed by atoms with Crippen molar-refractivity contribution in [3.63, 3.8) is 0 Å². The predicted molar refractivity (Wildman–Crippen MR) is 61.6 cm³/mol. The van der Waals surface area contributed by atoms with E-state index in [1.54, 1.807) is 12.3 Å². The van der Waals surface area contributed by atoms with Gasteiger partial charge < -0.3 is 9.72 Å². The van der Waals surface area contributed by atoms with Gasteiger partial charge in [-0.3, -0.25) is 4.79 Å². The topological polar surface area (TPSA) is 42.1 Å². The molecular formula is C13H12FNO2. The second-order valence-corrected chi connectivity index (χ2v) is 4.26. The van der Waals surface area contributed by atoms with Gasteiger partial charge in [0.2, 0.25) is 0 Å². The van der Waals surface area contributed by atoms with Gasteiger partial charge in [-0.2, -0.15) is 0 Å². The first-order valence-electron chi connectivity index (χ1n) is 5.68. The Morgan fingerprint density at radius 2 is 2.35 bits per heavy atom. The molecule has 0 saturated carbocycles. The first kappa shape index (κ1) is 10.5. The van der Waals surface area contributed by atoms with Crippen LogP contribution in [0.15, 0.2) is 24.4 Å². The van der Waals surface area contributed by atoms with Gasteiger partial charge in [0, 0.05) is 29.3 Å². The Labute approximate surface area is 97.6 Å². The van der Waals surface area contributed by atoms with Crippen molar-refractivity contribution < 1.29 is 13.9 Å². The number of nitrogens with one attached hydrogen (secondary N) is 1. The van der Waals surface area contributed by atoms with Gasteiger partial charge in [-0.1, -0.05) is 0 Å². The number of aromatic amines is 1. The fraction of sp³-hybridized carbons (Fsp3) is 0.308. The zero-order valence-corrected chi connectivity index (χ0v) is 9.20. The molecule has 1 aliphatic rings. The molecule has 4 heteroatoms. The molecule has 0 spiro atoms. The van der Waals surface area contributed by atoms with Crippen LogP contribution in [0.4, 0.5) is 4.39 Å². The number of ether oxygens (including phenoxy) is 1. The summed E-state index contributed by atoms with van der Waals surface area (Å²) in [5, 5.41) is 0.630. The molecule has 3 nitrogen and oxygen atoms in total. The molecule has 3 rings (SSSR count). The highest BCUT2D eigenvalue weighted by Crippen LogP contribution is 2.24. The predicted octanol–water partition coefficient (Wildman–Crippen LogP) is 2.67. The van der Waals surface area contributed by atoms with E-state index >= 15 is 0 Å². The Hall–Kier alpha value is -1.68. The Morgan fingerprint density at radius 1 is 1.47 bits per heavy atom. The summed E-state index contributed by atoms with van der Waals surface area (Å²) in [6, 6.07) is 4.39. The van der Waals surface area contributed by atoms with Crippen LogP contribution in [-0.2, 0) is 4.74 Å². The van der Waals surface area contributed by atoms with Crippen LogP contribution in [0, 0.1) is 5.82 Å². The summed E-state index contributed by atoms with van der Waals surface area (Å²) in [6.07, 6.45) is 2.93. The molecule has 17 heavy (non-hydrogen) atoms. The standard InChI is InChI=1S/C13H12FNO2/c14-8-3-4-11-9(6-8)10(7-15-11)13(16)12-2-1-5-17-12/h3-4,6-7,12,15H,1-2,5H2. The molecule has 0 bridgehead atoms. The van der Waals surface area contributed by atoms with Gasteiger partial charge in [0.05, 0.1) is 0 Å². The summed E-state index contributed by atoms with van der Waals surface area (Å²) in [5.74, 6) is -0.391. The molecule has 0 amide bonds. The van der Waals surface area contributed by atoms with Crippen LogP contribution in [0.3, 0.4) is 0 Å². The summed E-state index contributed by atoms with van der Waals surface area (Å²) in [7, 11) is 0. The number of carbonyl (C=O) groups is 1. The first-order chi connectivity index (χ1) is 8.25. The van der Waals surface area contributed by atoms with Crippen molar-refractivity contribution in [1.29, 1.82) is 0 Å². The summed E-state index contributed by atoms with van der Waals surface area (Å²) in [4.78, 5) is 15.1. The van der Waals surface area contributed by atoms with Crippen LogP contribution in [0.5, 0.6) is 0 Å². The lowest BCUT2D eigenvalue weighted by Gasteiger charge is -2.06. The number of hydrogen-bond donors (Lipinski definition) is 1. The molecule has 2 aromatic rings. The molecule has 1 N–H and O–H groups in total. The van der Waals surface area contributed by atoms with Crippen LogP contribution >= 0.6 is 0 Å². The highest BCUT2D eigenvalue weighted by atomic mass is 19.1. The molecule has 1 aromatic heterocycles. The molecule has 2 heterocycles. The lowest BCUT2D eigenvalue weighted by Crippen LogP contribution is -2.19. The number of aromatic nitrogens is 1. The highest BCUT2D eigenvalue weighted by Gasteiger charge is 2.26. The number of rotatable bonds is 2. The van der Waals surface area contributed by atoms with E-state index in [0.717, 1.165) is 18.4 Å². The minimum absolute atomic E-state index is 0.0562. The van der Waals surface area contributed by atoms with Crippen LogP contribution in [-0.4, -0.2) is 23.5 Å². The van der Waals surface area contributed by atoms with Crippen molar-refractivity contribution in [3.05, 3.63) is 35.8 Å². The van der Waals surface area contributed by atoms with Crippen molar-refractivity contribution in [2.45, 2.75) is 18.9 Å². The first-order valence-corrected chi connectivity index (χ1v) is 5.68. The number of halogens is 1. The SMILES string of the molecule is O=C(c1c[nH]c2ccc(F)cc12)C1CCCO1. The number of fused-ring (bicyclic) bond motifs is 1. The maximum atomic E-state index is 13.2. The zero-order valence-electron chi connectivity index (χ0n) is 9.20. The summed E-state index contributed by atoms with van der Waals surface area (Å²) in [5.41, 5.74) is 1.29. The Bertz CT molecular complexity index is 570. The van der Waals surface area contributed by atoms with Gasteiger partial charge in [0.25, 0.3) is 0 Å². The second-order valence-electron chi connectivity index (χ2n) is 4.26. The Kier molecular flexibility index (Phi) is 2.44. The highest BCUT2D eigenvalue weighted by molar-refractivity contribution is 6.10. The normalized spacial score (nSPS) is 19.9. The third-order valence-corrected chi connectivity index (χ3v) is 3.13. The third-order valence-electron chi connectivity index (χ3n) is 3.13. The van der Waals surface area contributed by atoms with Gasteiger partial charge in [0.15, 0.2) is 5.78 Å². The molecule has 1 unspecified atom stereocenters. The minimum atomic E-state index is -0.364. The summed E-state index contributed by atoms with van der Waals surface area (Å²) >= 11 is 0. The quantitative estimate of drug-likeness (QED) is 0.810. The van der Waals surface area contributed by atoms with Crippen molar-refractivity contribution in [1.82, 2.24) is 4.98 Å². The molecule has 0 radical (unpaired) electrons. The van der Waals surface area contributed by atoms with E-state index in [1.807, 2.05) is 0 Å². The molecule has 1 atom stereocenters. The number of Topliss-reactive ketones (excluding diaryl/α,β-unsaturated/α-hetero) is 1. The molecule has 88 valence electrons. The van der Waals surface area contributed by atoms with E-state index < -0.39 is 0 Å². The smallest absolute Gasteiger partial charge is 0.193 e. The van der Waals surface area contributed by atoms with Gasteiger partial charge in [-0.25, -0.2) is 4.39 Å². The lowest BCUT2D eigenvalue weighted by molar-refractivity contribution is 0.0644. The van der Waals surface area contributed by atoms with E-state index in [1.165, 1.54) is 12.1 Å². The van der Waals surface area contributed by atoms with E-state index in [9.17, 15) is 9.18 Å². The Balaban J connectivity index is 2.04. The monoisotopic (exact) mass is 233 g/mol. The van der Waals surface area contributed by atoms with E-state index in [4.69, 9.17) is 4.74 Å². The minimum Gasteiger partial charge on any atom is -0.370 e. The summed E-state index contributed by atoms with van der Waals surface area (Å²) in [6.45, 7) is 0.632. The number of ketones is 1. The summed E-state index contributed by atoms with van der Waals surface area (Å²) < 4.78 is 18.5. The fourth-order valence-corrected chi connectivity index (χ4v) is 2.25. The average molecular weight is 233 g/mol. The number of carbonyl (C=O) groups excluding carboxylic acids is 1. The van der Waals surface area contributed by atoms with Crippen molar-refractivity contribution in [2.24, 2.45) is 0 Å². The largest absolute Gasteiger partial charge is 0.370 e. The third kappa shape index (κ3) is 1.74. The molecule has 1 aliphatic heterocycles. The maximum Gasteiger partial charge on any atom is 0.193 e. The van der Waals surface area contributed by atoms with Crippen molar-refractivity contribution >= 4 is 16.7 Å². The van der Waals surface area contributed by atoms with Crippen LogP contribution in [0.25, 0.3) is 10.9 Å². The fourth-order valence-electron chi connectivity index (χ4n) is 2.25. The van der Waals surface area contributed by atoms with Gasteiger partial charge >= 0.3 is 0 Å². The lowest BCUT2D eigenvalue weighted by atomic mass is 10.0. The van der Waals surface area contributed by atoms with Crippen LogP contribution in [0.2, 0.25) is 0 Å². The van der Waals surface area contributed by atoms with E-state index in [0.29, 0.717) is 17.6 Å². The number of benzene rings is 1. The molecule has 1 aromatic carbocycles. The molecular weight excluding hydrogens is 221 g/mol. The van der Waals surface area contributed by atoms with Crippen molar-refractivity contribution in [3.8, 4) is 0 Å². The molecule has 1 saturated heterocycles. The molecule has 1 fully saturated rings.